The number of nitrogens with zero attached hydrogens (tertiary/aromatic N) is 1. The van der Waals surface area contributed by atoms with Crippen LogP contribution in [0.3, 0.4) is 0 Å². The molecule has 3 rings (SSSR count). The third-order valence-electron chi connectivity index (χ3n) is 4.22. The van der Waals surface area contributed by atoms with Crippen molar-refractivity contribution in [3.05, 3.63) is 70.5 Å². The van der Waals surface area contributed by atoms with Crippen LogP contribution in [-0.4, -0.2) is 35.7 Å². The van der Waals surface area contributed by atoms with E-state index in [-0.39, 0.29) is 5.82 Å². The summed E-state index contributed by atoms with van der Waals surface area (Å²) in [6.07, 6.45) is -0.531. The largest absolute Gasteiger partial charge is 0.465 e. The summed E-state index contributed by atoms with van der Waals surface area (Å²) in [7, 11) is 1.31. The van der Waals surface area contributed by atoms with Crippen molar-refractivity contribution in [3.8, 4) is 0 Å². The quantitative estimate of drug-likeness (QED) is 0.859. The van der Waals surface area contributed by atoms with Crippen molar-refractivity contribution in [2.75, 3.05) is 13.7 Å². The van der Waals surface area contributed by atoms with Gasteiger partial charge in [-0.15, -0.1) is 0 Å². The summed E-state index contributed by atoms with van der Waals surface area (Å²) in [6.45, 7) is 0.301. The number of fused-ring (bicyclic) bond motifs is 1. The summed E-state index contributed by atoms with van der Waals surface area (Å²) in [6, 6.07) is 10.4. The van der Waals surface area contributed by atoms with E-state index in [0.717, 1.165) is 11.1 Å². The molecule has 24 heavy (non-hydrogen) atoms. The molecule has 1 aliphatic rings. The van der Waals surface area contributed by atoms with E-state index in [1.165, 1.54) is 24.1 Å². The first-order valence-corrected chi connectivity index (χ1v) is 7.47. The Morgan fingerprint density at radius 2 is 1.92 bits per heavy atom. The maximum atomic E-state index is 13.2. The smallest absolute Gasteiger partial charge is 0.408 e. The van der Waals surface area contributed by atoms with Crippen molar-refractivity contribution in [2.45, 2.75) is 12.5 Å². The van der Waals surface area contributed by atoms with Crippen molar-refractivity contribution >= 4 is 12.1 Å². The summed E-state index contributed by atoms with van der Waals surface area (Å²) in [4.78, 5) is 24.6. The number of halogens is 1. The lowest BCUT2D eigenvalue weighted by Crippen LogP contribution is -2.39. The van der Waals surface area contributed by atoms with Crippen LogP contribution in [0.2, 0.25) is 0 Å². The Kier molecular flexibility index (Phi) is 4.20. The Hall–Kier alpha value is -2.89. The summed E-state index contributed by atoms with van der Waals surface area (Å²) in [5, 5.41) is 9.51. The highest BCUT2D eigenvalue weighted by atomic mass is 19.1. The highest BCUT2D eigenvalue weighted by Gasteiger charge is 2.32. The topological polar surface area (TPSA) is 66.8 Å². The molecule has 0 aliphatic carbocycles. The van der Waals surface area contributed by atoms with Crippen LogP contribution < -0.4 is 0 Å². The van der Waals surface area contributed by atoms with Crippen molar-refractivity contribution in [1.29, 1.82) is 0 Å². The number of carbonyl (C=O) groups excluding carboxylic acids is 1. The molecule has 0 radical (unpaired) electrons. The Balaban J connectivity index is 2.09. The fourth-order valence-corrected chi connectivity index (χ4v) is 3.08. The third kappa shape index (κ3) is 2.82. The molecule has 5 nitrogen and oxygen atoms in total. The average molecular weight is 329 g/mol. The lowest BCUT2D eigenvalue weighted by atomic mass is 9.87. The monoisotopic (exact) mass is 329 g/mol. The Labute approximate surface area is 138 Å². The van der Waals surface area contributed by atoms with E-state index in [0.29, 0.717) is 24.1 Å². The van der Waals surface area contributed by atoms with Crippen LogP contribution in [-0.2, 0) is 11.2 Å². The van der Waals surface area contributed by atoms with Gasteiger partial charge in [-0.05, 0) is 47.4 Å². The maximum Gasteiger partial charge on any atom is 0.408 e. The predicted octanol–water partition coefficient (Wildman–Crippen LogP) is 3.24. The normalized spacial score (nSPS) is 16.4. The standard InChI is InChI=1S/C18H16FNO4/c1-24-17(21)13-4-7-15-12(10-13)8-9-20(18(22)23)16(15)11-2-5-14(19)6-3-11/h2-7,10,16H,8-9H2,1H3,(H,22,23)/t16-/m1/s1. The van der Waals surface area contributed by atoms with Gasteiger partial charge in [-0.1, -0.05) is 18.2 Å². The summed E-state index contributed by atoms with van der Waals surface area (Å²) >= 11 is 0. The van der Waals surface area contributed by atoms with E-state index in [1.807, 2.05) is 0 Å². The van der Waals surface area contributed by atoms with E-state index >= 15 is 0 Å². The number of methoxy groups -OCH3 is 1. The van der Waals surface area contributed by atoms with Gasteiger partial charge >= 0.3 is 12.1 Å². The highest BCUT2D eigenvalue weighted by Crippen LogP contribution is 2.35. The molecule has 6 heteroatoms. The summed E-state index contributed by atoms with van der Waals surface area (Å²) in [5.74, 6) is -0.811. The molecule has 0 bridgehead atoms. The number of carbonyl (C=O) groups is 2. The van der Waals surface area contributed by atoms with Crippen LogP contribution in [0.1, 0.15) is 33.1 Å². The number of benzene rings is 2. The van der Waals surface area contributed by atoms with E-state index in [4.69, 9.17) is 4.74 Å². The second-order valence-electron chi connectivity index (χ2n) is 5.59. The van der Waals surface area contributed by atoms with Gasteiger partial charge in [0.2, 0.25) is 0 Å². The van der Waals surface area contributed by atoms with Crippen molar-refractivity contribution in [3.63, 3.8) is 0 Å². The third-order valence-corrected chi connectivity index (χ3v) is 4.22. The first-order chi connectivity index (χ1) is 11.5. The second-order valence-corrected chi connectivity index (χ2v) is 5.59. The van der Waals surface area contributed by atoms with Crippen LogP contribution in [0.5, 0.6) is 0 Å². The molecule has 0 spiro atoms. The van der Waals surface area contributed by atoms with Crippen LogP contribution in [0.15, 0.2) is 42.5 Å². The number of esters is 1. The maximum absolute atomic E-state index is 13.2. The van der Waals surface area contributed by atoms with Gasteiger partial charge in [0.15, 0.2) is 0 Å². The minimum atomic E-state index is -1.04. The number of hydrogen-bond acceptors (Lipinski definition) is 3. The first kappa shape index (κ1) is 16.0. The minimum absolute atomic E-state index is 0.301. The zero-order chi connectivity index (χ0) is 17.3. The number of ether oxygens (including phenoxy) is 1. The van der Waals surface area contributed by atoms with Crippen LogP contribution in [0, 0.1) is 5.82 Å². The molecular formula is C18H16FNO4. The molecule has 1 heterocycles. The lowest BCUT2D eigenvalue weighted by Gasteiger charge is -2.36. The molecule has 2 aromatic carbocycles. The SMILES string of the molecule is COC(=O)c1ccc2c(c1)CCN(C(=O)O)[C@@H]2c1ccc(F)cc1. The molecule has 1 atom stereocenters. The molecule has 1 amide bonds. The number of carboxylic acid groups (broad SMARTS) is 1. The number of rotatable bonds is 2. The van der Waals surface area contributed by atoms with Gasteiger partial charge in [0.05, 0.1) is 18.7 Å². The molecule has 0 saturated carbocycles. The van der Waals surface area contributed by atoms with E-state index in [9.17, 15) is 19.1 Å². The summed E-state index contributed by atoms with van der Waals surface area (Å²) in [5.41, 5.74) is 2.80. The van der Waals surface area contributed by atoms with Gasteiger partial charge in [-0.3, -0.25) is 4.90 Å². The van der Waals surface area contributed by atoms with Crippen LogP contribution in [0.4, 0.5) is 9.18 Å². The van der Waals surface area contributed by atoms with E-state index in [2.05, 4.69) is 0 Å². The van der Waals surface area contributed by atoms with Crippen molar-refractivity contribution in [1.82, 2.24) is 4.90 Å². The van der Waals surface area contributed by atoms with Crippen molar-refractivity contribution in [2.24, 2.45) is 0 Å². The molecule has 0 aromatic heterocycles. The van der Waals surface area contributed by atoms with Gasteiger partial charge in [0.1, 0.15) is 5.82 Å². The Morgan fingerprint density at radius 3 is 2.54 bits per heavy atom. The fraction of sp³-hybridized carbons (Fsp3) is 0.222. The molecule has 0 saturated heterocycles. The summed E-state index contributed by atoms with van der Waals surface area (Å²) < 4.78 is 17.9. The molecule has 1 aliphatic heterocycles. The van der Waals surface area contributed by atoms with Gasteiger partial charge in [-0.25, -0.2) is 14.0 Å². The van der Waals surface area contributed by atoms with Gasteiger partial charge in [-0.2, -0.15) is 0 Å². The van der Waals surface area contributed by atoms with Crippen LogP contribution >= 0.6 is 0 Å². The van der Waals surface area contributed by atoms with E-state index < -0.39 is 18.1 Å². The molecule has 2 aromatic rings. The van der Waals surface area contributed by atoms with Crippen LogP contribution in [0.25, 0.3) is 0 Å². The number of amides is 1. The Bertz CT molecular complexity index is 788. The first-order valence-electron chi connectivity index (χ1n) is 7.47. The molecular weight excluding hydrogens is 313 g/mol. The van der Waals surface area contributed by atoms with Gasteiger partial charge in [0, 0.05) is 6.54 Å². The van der Waals surface area contributed by atoms with Gasteiger partial charge in [0.25, 0.3) is 0 Å². The van der Waals surface area contributed by atoms with Gasteiger partial charge < -0.3 is 9.84 Å². The van der Waals surface area contributed by atoms with Crippen molar-refractivity contribution < 1.29 is 23.8 Å². The number of hydrogen-bond donors (Lipinski definition) is 1. The fourth-order valence-electron chi connectivity index (χ4n) is 3.08. The molecule has 124 valence electrons. The zero-order valence-corrected chi connectivity index (χ0v) is 13.0. The highest BCUT2D eigenvalue weighted by molar-refractivity contribution is 5.89. The second kappa shape index (κ2) is 6.31. The predicted molar refractivity (Wildman–Crippen MR) is 84.5 cm³/mol. The lowest BCUT2D eigenvalue weighted by molar-refractivity contribution is 0.0600. The molecule has 0 fully saturated rings. The minimum Gasteiger partial charge on any atom is -0.465 e. The molecule has 0 unspecified atom stereocenters. The Morgan fingerprint density at radius 1 is 1.21 bits per heavy atom. The molecule has 1 N–H and O–H groups in total. The van der Waals surface area contributed by atoms with E-state index in [1.54, 1.807) is 30.3 Å². The average Bonchev–Trinajstić information content (AvgIpc) is 2.60. The zero-order valence-electron chi connectivity index (χ0n) is 13.0.